The number of aromatic nitrogens is 4. The molecule has 0 radical (unpaired) electrons. The smallest absolute Gasteiger partial charge is 0.338 e. The van der Waals surface area contributed by atoms with E-state index in [9.17, 15) is 4.79 Å². The molecule has 0 saturated heterocycles. The molecule has 1 fully saturated rings. The minimum atomic E-state index is -0.426. The van der Waals surface area contributed by atoms with E-state index in [2.05, 4.69) is 47.7 Å². The second-order valence-electron chi connectivity index (χ2n) is 10.5. The summed E-state index contributed by atoms with van der Waals surface area (Å²) in [6, 6.07) is 12.7. The first kappa shape index (κ1) is 27.1. The predicted molar refractivity (Wildman–Crippen MR) is 148 cm³/mol. The third-order valence-corrected chi connectivity index (χ3v) is 7.29. The van der Waals surface area contributed by atoms with E-state index in [1.165, 1.54) is 0 Å². The molecular weight excluding hydrogens is 509 g/mol. The Bertz CT molecular complexity index is 1260. The summed E-state index contributed by atoms with van der Waals surface area (Å²) in [5.74, 6) is 0.473. The van der Waals surface area contributed by atoms with Crippen molar-refractivity contribution < 1.29 is 9.53 Å². The summed E-state index contributed by atoms with van der Waals surface area (Å²) < 4.78 is 7.05. The van der Waals surface area contributed by atoms with Gasteiger partial charge in [0.25, 0.3) is 0 Å². The third-order valence-electron chi connectivity index (χ3n) is 6.73. The Balaban J connectivity index is 1.67. The number of nitrogens with one attached hydrogen (secondary N) is 1. The van der Waals surface area contributed by atoms with Crippen molar-refractivity contribution in [3.05, 3.63) is 75.5 Å². The van der Waals surface area contributed by atoms with Crippen LogP contribution in [0.2, 0.25) is 10.0 Å². The van der Waals surface area contributed by atoms with Gasteiger partial charge in [-0.05, 0) is 77.6 Å². The third kappa shape index (κ3) is 6.16. The summed E-state index contributed by atoms with van der Waals surface area (Å²) in [6.07, 6.45) is 8.04. The van der Waals surface area contributed by atoms with Crippen LogP contribution in [0, 0.1) is 5.41 Å². The average Bonchev–Trinajstić information content (AvgIpc) is 3.51. The molecule has 1 aromatic heterocycles. The molecule has 0 amide bonds. The molecule has 2 aromatic carbocycles. The SMILES string of the molecule is CCOC(=O)c1ccc(NC2(c3nnnn3[C@H](/C=C/c3ccc(Cl)cc3Cl)C(C)(C)C)CCCC2)cc1. The molecule has 0 bridgehead atoms. The van der Waals surface area contributed by atoms with Gasteiger partial charge in [0, 0.05) is 15.7 Å². The number of carbonyl (C=O) groups excluding carboxylic acids is 1. The molecule has 1 saturated carbocycles. The molecule has 1 N–H and O–H groups in total. The summed E-state index contributed by atoms with van der Waals surface area (Å²) in [5.41, 5.74) is 1.70. The number of hydrogen-bond acceptors (Lipinski definition) is 6. The molecule has 196 valence electrons. The van der Waals surface area contributed by atoms with E-state index >= 15 is 0 Å². The number of tetrazole rings is 1. The van der Waals surface area contributed by atoms with E-state index in [1.807, 2.05) is 35.0 Å². The Morgan fingerprint density at radius 2 is 1.86 bits per heavy atom. The average molecular weight is 543 g/mol. The first-order valence-corrected chi connectivity index (χ1v) is 13.4. The van der Waals surface area contributed by atoms with Gasteiger partial charge in [0.15, 0.2) is 5.82 Å². The maximum absolute atomic E-state index is 12.1. The molecule has 0 aliphatic heterocycles. The highest BCUT2D eigenvalue weighted by Crippen LogP contribution is 2.43. The lowest BCUT2D eigenvalue weighted by atomic mass is 9.85. The van der Waals surface area contributed by atoms with Gasteiger partial charge in [0.05, 0.1) is 23.8 Å². The number of rotatable bonds is 8. The van der Waals surface area contributed by atoms with E-state index < -0.39 is 5.54 Å². The van der Waals surface area contributed by atoms with Crippen LogP contribution in [-0.4, -0.2) is 32.8 Å². The van der Waals surface area contributed by atoms with Crippen molar-refractivity contribution >= 4 is 40.9 Å². The summed E-state index contributed by atoms with van der Waals surface area (Å²) in [5, 5.41) is 18.0. The van der Waals surface area contributed by atoms with Gasteiger partial charge in [-0.3, -0.25) is 0 Å². The first-order chi connectivity index (χ1) is 17.6. The van der Waals surface area contributed by atoms with Crippen molar-refractivity contribution in [1.82, 2.24) is 20.2 Å². The number of carbonyl (C=O) groups is 1. The predicted octanol–water partition coefficient (Wildman–Crippen LogP) is 7.34. The van der Waals surface area contributed by atoms with Crippen LogP contribution in [0.4, 0.5) is 5.69 Å². The van der Waals surface area contributed by atoms with Gasteiger partial charge in [0.1, 0.15) is 0 Å². The van der Waals surface area contributed by atoms with E-state index in [0.717, 1.165) is 42.8 Å². The van der Waals surface area contributed by atoms with Crippen LogP contribution in [0.1, 0.15) is 81.2 Å². The van der Waals surface area contributed by atoms with Gasteiger partial charge >= 0.3 is 5.97 Å². The maximum atomic E-state index is 12.1. The molecule has 0 unspecified atom stereocenters. The Morgan fingerprint density at radius 1 is 1.16 bits per heavy atom. The Morgan fingerprint density at radius 3 is 2.49 bits per heavy atom. The molecule has 4 rings (SSSR count). The number of esters is 1. The van der Waals surface area contributed by atoms with Crippen LogP contribution < -0.4 is 5.32 Å². The Hall–Kier alpha value is -2.90. The monoisotopic (exact) mass is 541 g/mol. The molecule has 3 aromatic rings. The summed E-state index contributed by atoms with van der Waals surface area (Å²) >= 11 is 12.5. The lowest BCUT2D eigenvalue weighted by Gasteiger charge is -2.35. The molecule has 1 heterocycles. The molecular formula is C28H33Cl2N5O2. The second kappa shape index (κ2) is 11.2. The number of benzene rings is 2. The van der Waals surface area contributed by atoms with Crippen LogP contribution in [0.15, 0.2) is 48.5 Å². The minimum Gasteiger partial charge on any atom is -0.462 e. The number of ether oxygens (including phenoxy) is 1. The largest absolute Gasteiger partial charge is 0.462 e. The molecule has 1 aliphatic carbocycles. The first-order valence-electron chi connectivity index (χ1n) is 12.6. The lowest BCUT2D eigenvalue weighted by Crippen LogP contribution is -2.38. The highest BCUT2D eigenvalue weighted by molar-refractivity contribution is 6.35. The normalized spacial score (nSPS) is 16.2. The van der Waals surface area contributed by atoms with Gasteiger partial charge in [-0.25, -0.2) is 9.48 Å². The quantitative estimate of drug-likeness (QED) is 0.300. The molecule has 37 heavy (non-hydrogen) atoms. The summed E-state index contributed by atoms with van der Waals surface area (Å²) in [7, 11) is 0. The molecule has 1 atom stereocenters. The van der Waals surface area contributed by atoms with Crippen LogP contribution in [0.3, 0.4) is 0 Å². The van der Waals surface area contributed by atoms with E-state index in [0.29, 0.717) is 22.2 Å². The Kier molecular flexibility index (Phi) is 8.24. The zero-order valence-electron chi connectivity index (χ0n) is 21.7. The van der Waals surface area contributed by atoms with Gasteiger partial charge < -0.3 is 10.1 Å². The van der Waals surface area contributed by atoms with Crippen molar-refractivity contribution in [2.75, 3.05) is 11.9 Å². The standard InChI is InChI=1S/C28H33Cl2N5O2/c1-5-37-25(36)20-9-13-22(14-10-20)31-28(16-6-7-17-28)26-32-33-34-35(26)24(27(2,3)4)15-11-19-8-12-21(29)18-23(19)30/h8-15,18,24,31H,5-7,16-17H2,1-4H3/b15-11+/t24-/m1/s1. The fourth-order valence-corrected chi connectivity index (χ4v) is 5.30. The molecule has 9 heteroatoms. The van der Waals surface area contributed by atoms with Crippen molar-refractivity contribution in [1.29, 1.82) is 0 Å². The lowest BCUT2D eigenvalue weighted by molar-refractivity contribution is 0.0526. The number of hydrogen-bond donors (Lipinski definition) is 1. The molecule has 1 aliphatic rings. The highest BCUT2D eigenvalue weighted by Gasteiger charge is 2.42. The second-order valence-corrected chi connectivity index (χ2v) is 11.3. The van der Waals surface area contributed by atoms with Gasteiger partial charge in [-0.15, -0.1) is 5.10 Å². The van der Waals surface area contributed by atoms with Crippen molar-refractivity contribution in [2.45, 2.75) is 65.0 Å². The summed E-state index contributed by atoms with van der Waals surface area (Å²) in [6.45, 7) is 8.64. The van der Waals surface area contributed by atoms with E-state index in [1.54, 1.807) is 25.1 Å². The van der Waals surface area contributed by atoms with Crippen molar-refractivity contribution in [3.63, 3.8) is 0 Å². The van der Waals surface area contributed by atoms with Gasteiger partial charge in [-0.1, -0.05) is 75.0 Å². The molecule has 7 nitrogen and oxygen atoms in total. The van der Waals surface area contributed by atoms with E-state index in [4.69, 9.17) is 27.9 Å². The molecule has 0 spiro atoms. The van der Waals surface area contributed by atoms with Gasteiger partial charge in [0.2, 0.25) is 0 Å². The van der Waals surface area contributed by atoms with Crippen LogP contribution in [0.5, 0.6) is 0 Å². The zero-order valence-corrected chi connectivity index (χ0v) is 23.2. The van der Waals surface area contributed by atoms with Crippen molar-refractivity contribution in [2.24, 2.45) is 5.41 Å². The van der Waals surface area contributed by atoms with Crippen LogP contribution in [-0.2, 0) is 10.3 Å². The number of halogens is 2. The number of allylic oxidation sites excluding steroid dienone is 1. The number of anilines is 1. The van der Waals surface area contributed by atoms with Crippen molar-refractivity contribution in [3.8, 4) is 0 Å². The maximum Gasteiger partial charge on any atom is 0.338 e. The fraction of sp³-hybridized carbons (Fsp3) is 0.429. The fourth-order valence-electron chi connectivity index (χ4n) is 4.83. The minimum absolute atomic E-state index is 0.130. The van der Waals surface area contributed by atoms with E-state index in [-0.39, 0.29) is 17.4 Å². The Labute approximate surface area is 228 Å². The van der Waals surface area contributed by atoms with Crippen LogP contribution >= 0.6 is 23.2 Å². The van der Waals surface area contributed by atoms with Gasteiger partial charge in [-0.2, -0.15) is 0 Å². The topological polar surface area (TPSA) is 81.9 Å². The van der Waals surface area contributed by atoms with Crippen LogP contribution in [0.25, 0.3) is 6.08 Å². The number of nitrogens with zero attached hydrogens (tertiary/aromatic N) is 4. The highest BCUT2D eigenvalue weighted by atomic mass is 35.5. The summed E-state index contributed by atoms with van der Waals surface area (Å²) in [4.78, 5) is 12.1. The zero-order chi connectivity index (χ0) is 26.6.